The topological polar surface area (TPSA) is 51.2 Å². The maximum Gasteiger partial charge on any atom is 0.165 e. The number of methoxy groups -OCH3 is 2. The molecular weight excluding hydrogens is 354 g/mol. The van der Waals surface area contributed by atoms with Gasteiger partial charge in [-0.25, -0.2) is 0 Å². The second-order valence-corrected chi connectivity index (χ2v) is 9.83. The normalized spacial score (nSPS) is 47.6. The number of aliphatic hydroxyl groups is 1. The predicted octanol–water partition coefficient (Wildman–Crippen LogP) is 2.38. The van der Waals surface area contributed by atoms with E-state index in [1.807, 2.05) is 7.11 Å². The number of hydrogen-bond acceptors (Lipinski definition) is 5. The van der Waals surface area contributed by atoms with Gasteiger partial charge in [0.2, 0.25) is 0 Å². The first-order valence-electron chi connectivity index (χ1n) is 10.7. The summed E-state index contributed by atoms with van der Waals surface area (Å²) in [6.07, 6.45) is 4.20. The fourth-order valence-electron chi connectivity index (χ4n) is 8.81. The Hall–Kier alpha value is -1.30. The van der Waals surface area contributed by atoms with Crippen LogP contribution in [0, 0.1) is 17.3 Å². The van der Waals surface area contributed by atoms with Crippen molar-refractivity contribution >= 4 is 0 Å². The Labute approximate surface area is 167 Å². The molecule has 7 atom stereocenters. The number of likely N-dealkylation sites (tertiary alicyclic amines) is 1. The van der Waals surface area contributed by atoms with E-state index < -0.39 is 5.60 Å². The van der Waals surface area contributed by atoms with Gasteiger partial charge in [0.15, 0.2) is 11.5 Å². The van der Waals surface area contributed by atoms with Crippen LogP contribution < -0.4 is 9.47 Å². The van der Waals surface area contributed by atoms with E-state index in [0.29, 0.717) is 12.0 Å². The third-order valence-corrected chi connectivity index (χ3v) is 9.78. The molecule has 4 aliphatic carbocycles. The van der Waals surface area contributed by atoms with Crippen LogP contribution in [0.1, 0.15) is 37.3 Å². The quantitative estimate of drug-likeness (QED) is 0.866. The van der Waals surface area contributed by atoms with Gasteiger partial charge in [0.05, 0.1) is 7.11 Å². The molecule has 6 aliphatic rings. The first kappa shape index (κ1) is 17.5. The lowest BCUT2D eigenvalue weighted by Gasteiger charge is -2.76. The first-order chi connectivity index (χ1) is 13.5. The van der Waals surface area contributed by atoms with Crippen LogP contribution in [-0.2, 0) is 16.6 Å². The molecule has 2 spiro atoms. The molecule has 5 heteroatoms. The first-order valence-corrected chi connectivity index (χ1v) is 10.7. The lowest BCUT2D eigenvalue weighted by Crippen LogP contribution is -2.83. The number of fused-ring (bicyclic) bond motifs is 2. The predicted molar refractivity (Wildman–Crippen MR) is 105 cm³/mol. The van der Waals surface area contributed by atoms with Crippen molar-refractivity contribution in [1.82, 2.24) is 4.90 Å². The molecule has 0 radical (unpaired) electrons. The Morgan fingerprint density at radius 3 is 2.79 bits per heavy atom. The SMILES string of the molecule is COc1ccc2c3c1OC1[C@@]4(OC)CC[C@@]5([C@@H](C)[C@@H]4CO)[C@@H](C2)N(C)CC[C@]315. The Morgan fingerprint density at radius 2 is 2.07 bits per heavy atom. The van der Waals surface area contributed by atoms with E-state index in [1.54, 1.807) is 7.11 Å². The molecule has 1 unspecified atom stereocenters. The molecule has 1 aromatic carbocycles. The number of piperidine rings is 1. The number of nitrogens with zero attached hydrogens (tertiary/aromatic N) is 1. The van der Waals surface area contributed by atoms with Gasteiger partial charge >= 0.3 is 0 Å². The molecule has 7 rings (SSSR count). The van der Waals surface area contributed by atoms with E-state index in [0.717, 1.165) is 43.7 Å². The number of rotatable bonds is 3. The van der Waals surface area contributed by atoms with Gasteiger partial charge in [0.1, 0.15) is 11.7 Å². The Balaban J connectivity index is 1.72. The molecule has 5 nitrogen and oxygen atoms in total. The fraction of sp³-hybridized carbons (Fsp3) is 0.739. The lowest BCUT2D eigenvalue weighted by atomic mass is 9.32. The highest BCUT2D eigenvalue weighted by molar-refractivity contribution is 5.63. The molecule has 1 N–H and O–H groups in total. The molecular formula is C23H31NO4. The maximum absolute atomic E-state index is 10.5. The van der Waals surface area contributed by atoms with Crippen molar-refractivity contribution in [3.8, 4) is 11.5 Å². The van der Waals surface area contributed by atoms with Crippen LogP contribution in [-0.4, -0.2) is 62.2 Å². The fourth-order valence-corrected chi connectivity index (χ4v) is 8.81. The summed E-state index contributed by atoms with van der Waals surface area (Å²) in [6.45, 7) is 3.61. The monoisotopic (exact) mass is 385 g/mol. The molecule has 1 saturated heterocycles. The molecule has 1 aromatic rings. The summed E-state index contributed by atoms with van der Waals surface area (Å²) in [5.74, 6) is 2.27. The number of ether oxygens (including phenoxy) is 3. The second kappa shape index (κ2) is 5.24. The van der Waals surface area contributed by atoms with Crippen molar-refractivity contribution in [1.29, 1.82) is 0 Å². The zero-order valence-electron chi connectivity index (χ0n) is 17.3. The molecule has 2 heterocycles. The average Bonchev–Trinajstić information content (AvgIpc) is 3.08. The third kappa shape index (κ3) is 1.48. The molecule has 0 amide bonds. The summed E-state index contributed by atoms with van der Waals surface area (Å²) >= 11 is 0. The summed E-state index contributed by atoms with van der Waals surface area (Å²) in [6, 6.07) is 4.82. The van der Waals surface area contributed by atoms with Crippen LogP contribution in [0.2, 0.25) is 0 Å². The van der Waals surface area contributed by atoms with E-state index in [4.69, 9.17) is 14.2 Å². The van der Waals surface area contributed by atoms with Gasteiger partial charge < -0.3 is 24.2 Å². The highest BCUT2D eigenvalue weighted by Crippen LogP contribution is 2.77. The third-order valence-electron chi connectivity index (χ3n) is 9.78. The highest BCUT2D eigenvalue weighted by atomic mass is 16.6. The summed E-state index contributed by atoms with van der Waals surface area (Å²) in [5.41, 5.74) is 2.47. The number of benzene rings is 1. The summed E-state index contributed by atoms with van der Waals surface area (Å²) in [5, 5.41) is 10.5. The minimum Gasteiger partial charge on any atom is -0.493 e. The summed E-state index contributed by atoms with van der Waals surface area (Å²) in [4.78, 5) is 2.59. The van der Waals surface area contributed by atoms with Gasteiger partial charge in [-0.05, 0) is 56.8 Å². The molecule has 0 aromatic heterocycles. The van der Waals surface area contributed by atoms with Gasteiger partial charge in [-0.1, -0.05) is 13.0 Å². The Morgan fingerprint density at radius 1 is 1.25 bits per heavy atom. The maximum atomic E-state index is 10.5. The standard InChI is InChI=1S/C23H31NO4/c1-13-15(12-25)23(27-4)8-7-21(13)17-11-14-5-6-16(26-3)19-18(14)22(21,20(23)28-19)9-10-24(17)2/h5-6,13,15,17,20,25H,7-12H2,1-4H3/t13-,15-,17+,20?,21+,22-,23+/m0/s1. The number of likely N-dealkylation sites (N-methyl/N-ethyl adjacent to an activating group) is 1. The van der Waals surface area contributed by atoms with Crippen molar-refractivity contribution in [3.05, 3.63) is 23.3 Å². The molecule has 152 valence electrons. The van der Waals surface area contributed by atoms with Crippen LogP contribution in [0.25, 0.3) is 0 Å². The number of hydrogen-bond donors (Lipinski definition) is 1. The van der Waals surface area contributed by atoms with E-state index in [9.17, 15) is 5.11 Å². The van der Waals surface area contributed by atoms with Gasteiger partial charge in [-0.15, -0.1) is 0 Å². The van der Waals surface area contributed by atoms with E-state index in [2.05, 4.69) is 31.0 Å². The highest BCUT2D eigenvalue weighted by Gasteiger charge is 2.82. The molecule has 4 fully saturated rings. The Bertz CT molecular complexity index is 857. The molecule has 2 aliphatic heterocycles. The van der Waals surface area contributed by atoms with Crippen molar-refractivity contribution in [2.75, 3.05) is 34.4 Å². The van der Waals surface area contributed by atoms with Crippen LogP contribution in [0.4, 0.5) is 0 Å². The van der Waals surface area contributed by atoms with Crippen molar-refractivity contribution in [2.24, 2.45) is 17.3 Å². The zero-order valence-corrected chi connectivity index (χ0v) is 17.3. The lowest BCUT2D eigenvalue weighted by molar-refractivity contribution is -0.304. The molecule has 28 heavy (non-hydrogen) atoms. The smallest absolute Gasteiger partial charge is 0.165 e. The van der Waals surface area contributed by atoms with E-state index in [-0.39, 0.29) is 29.5 Å². The van der Waals surface area contributed by atoms with Gasteiger partial charge in [-0.3, -0.25) is 0 Å². The second-order valence-electron chi connectivity index (χ2n) is 9.83. The van der Waals surface area contributed by atoms with Crippen molar-refractivity contribution < 1.29 is 19.3 Å². The molecule has 4 bridgehead atoms. The summed E-state index contributed by atoms with van der Waals surface area (Å²) in [7, 11) is 5.85. The minimum absolute atomic E-state index is 0.0407. The van der Waals surface area contributed by atoms with Gasteiger partial charge in [0.25, 0.3) is 0 Å². The Kier molecular flexibility index (Phi) is 3.28. The average molecular weight is 386 g/mol. The van der Waals surface area contributed by atoms with E-state index >= 15 is 0 Å². The van der Waals surface area contributed by atoms with Gasteiger partial charge in [-0.2, -0.15) is 0 Å². The van der Waals surface area contributed by atoms with Crippen molar-refractivity contribution in [3.63, 3.8) is 0 Å². The zero-order chi connectivity index (χ0) is 19.5. The minimum atomic E-state index is -0.435. The van der Waals surface area contributed by atoms with Crippen LogP contribution >= 0.6 is 0 Å². The van der Waals surface area contributed by atoms with Crippen LogP contribution in [0.3, 0.4) is 0 Å². The van der Waals surface area contributed by atoms with Crippen LogP contribution in [0.5, 0.6) is 11.5 Å². The summed E-state index contributed by atoms with van der Waals surface area (Å²) < 4.78 is 18.9. The van der Waals surface area contributed by atoms with Gasteiger partial charge in [0, 0.05) is 42.1 Å². The molecule has 3 saturated carbocycles. The van der Waals surface area contributed by atoms with Crippen LogP contribution in [0.15, 0.2) is 12.1 Å². The van der Waals surface area contributed by atoms with E-state index in [1.165, 1.54) is 11.1 Å². The largest absolute Gasteiger partial charge is 0.493 e. The number of aliphatic hydroxyl groups excluding tert-OH is 1. The van der Waals surface area contributed by atoms with Crippen molar-refractivity contribution in [2.45, 2.75) is 55.8 Å².